The van der Waals surface area contributed by atoms with Crippen molar-refractivity contribution < 1.29 is 8.78 Å². The Hall–Kier alpha value is -1.70. The topological polar surface area (TPSA) is 0 Å². The Labute approximate surface area is 105 Å². The van der Waals surface area contributed by atoms with Crippen LogP contribution in [0, 0.1) is 11.6 Å². The molecule has 0 nitrogen and oxygen atoms in total. The van der Waals surface area contributed by atoms with E-state index in [4.69, 9.17) is 0 Å². The van der Waals surface area contributed by atoms with Gasteiger partial charge in [0.2, 0.25) is 0 Å². The lowest BCUT2D eigenvalue weighted by Crippen LogP contribution is -1.96. The van der Waals surface area contributed by atoms with Crippen LogP contribution in [0.4, 0.5) is 8.78 Å². The molecule has 2 aromatic rings. The average molecular weight is 244 g/mol. The Morgan fingerprint density at radius 3 is 2.06 bits per heavy atom. The second kappa shape index (κ2) is 4.52. The van der Waals surface area contributed by atoms with E-state index in [1.165, 1.54) is 6.07 Å². The van der Waals surface area contributed by atoms with Gasteiger partial charge in [-0.1, -0.05) is 24.3 Å². The Kier molecular flexibility index (Phi) is 2.86. The number of aryl methyl sites for hydroxylation is 4. The lowest BCUT2D eigenvalue weighted by molar-refractivity contribution is 0.605. The van der Waals surface area contributed by atoms with E-state index in [1.807, 2.05) is 18.2 Å². The van der Waals surface area contributed by atoms with Crippen LogP contribution in [0.2, 0.25) is 0 Å². The summed E-state index contributed by atoms with van der Waals surface area (Å²) in [4.78, 5) is 0. The quantitative estimate of drug-likeness (QED) is 0.660. The molecule has 0 amide bonds. The van der Waals surface area contributed by atoms with E-state index in [2.05, 4.69) is 0 Å². The number of hydrogen-bond acceptors (Lipinski definition) is 0. The van der Waals surface area contributed by atoms with Gasteiger partial charge < -0.3 is 0 Å². The second-order valence-corrected chi connectivity index (χ2v) is 4.85. The fourth-order valence-corrected chi connectivity index (χ4v) is 2.48. The summed E-state index contributed by atoms with van der Waals surface area (Å²) in [5.74, 6) is -0.294. The molecule has 2 aliphatic carbocycles. The summed E-state index contributed by atoms with van der Waals surface area (Å²) in [6, 6.07) is 10.6. The molecule has 2 aromatic carbocycles. The molecule has 0 radical (unpaired) electrons. The van der Waals surface area contributed by atoms with Crippen LogP contribution in [-0.2, 0) is 25.7 Å². The summed E-state index contributed by atoms with van der Waals surface area (Å²) < 4.78 is 27.5. The van der Waals surface area contributed by atoms with Crippen LogP contribution in [0.3, 0.4) is 0 Å². The van der Waals surface area contributed by atoms with Crippen LogP contribution in [0.15, 0.2) is 36.4 Å². The van der Waals surface area contributed by atoms with E-state index < -0.39 is 0 Å². The molecule has 0 aromatic heterocycles. The minimum atomic E-state index is -0.158. The van der Waals surface area contributed by atoms with Crippen molar-refractivity contribution in [2.75, 3.05) is 0 Å². The smallest absolute Gasteiger partial charge is 0.126 e. The van der Waals surface area contributed by atoms with Gasteiger partial charge in [-0.05, 0) is 60.1 Å². The number of fused-ring (bicyclic) bond motifs is 4. The van der Waals surface area contributed by atoms with Gasteiger partial charge in [-0.15, -0.1) is 0 Å². The zero-order chi connectivity index (χ0) is 12.5. The maximum Gasteiger partial charge on any atom is 0.126 e. The maximum atomic E-state index is 13.8. The number of rotatable bonds is 0. The molecule has 0 atom stereocenters. The second-order valence-electron chi connectivity index (χ2n) is 4.85. The Morgan fingerprint density at radius 1 is 0.611 bits per heavy atom. The highest BCUT2D eigenvalue weighted by Gasteiger charge is 2.10. The van der Waals surface area contributed by atoms with E-state index in [1.54, 1.807) is 12.1 Å². The van der Waals surface area contributed by atoms with Gasteiger partial charge in [0.15, 0.2) is 0 Å². The van der Waals surface area contributed by atoms with Crippen LogP contribution in [0.1, 0.15) is 22.3 Å². The lowest BCUT2D eigenvalue weighted by Gasteiger charge is -2.05. The molecule has 4 bridgehead atoms. The Morgan fingerprint density at radius 2 is 1.28 bits per heavy atom. The lowest BCUT2D eigenvalue weighted by atomic mass is 10.0. The molecule has 92 valence electrons. The summed E-state index contributed by atoms with van der Waals surface area (Å²) in [7, 11) is 0. The Bertz CT molecular complexity index is 588. The van der Waals surface area contributed by atoms with Crippen molar-refractivity contribution in [2.24, 2.45) is 0 Å². The van der Waals surface area contributed by atoms with Crippen molar-refractivity contribution in [1.29, 1.82) is 0 Å². The summed E-state index contributed by atoms with van der Waals surface area (Å²) in [5.41, 5.74) is 3.49. The van der Waals surface area contributed by atoms with Crippen LogP contribution in [-0.4, -0.2) is 0 Å². The van der Waals surface area contributed by atoms with Gasteiger partial charge in [-0.2, -0.15) is 0 Å². The van der Waals surface area contributed by atoms with Crippen LogP contribution < -0.4 is 0 Å². The van der Waals surface area contributed by atoms with E-state index in [-0.39, 0.29) is 11.6 Å². The summed E-state index contributed by atoms with van der Waals surface area (Å²) in [6.07, 6.45) is 2.72. The normalized spacial score (nSPS) is 14.3. The first-order valence-electron chi connectivity index (χ1n) is 6.27. The first-order valence-corrected chi connectivity index (χ1v) is 6.27. The van der Waals surface area contributed by atoms with E-state index >= 15 is 0 Å². The van der Waals surface area contributed by atoms with Gasteiger partial charge in [0.05, 0.1) is 0 Å². The zero-order valence-electron chi connectivity index (χ0n) is 10.0. The molecular weight excluding hydrogens is 230 g/mol. The maximum absolute atomic E-state index is 13.8. The highest BCUT2D eigenvalue weighted by molar-refractivity contribution is 5.31. The SMILES string of the molecule is Fc1cc2ccc1CCc1ccc(F)c(c1)CC2. The van der Waals surface area contributed by atoms with E-state index in [0.29, 0.717) is 19.3 Å². The minimum Gasteiger partial charge on any atom is -0.207 e. The first kappa shape index (κ1) is 11.4. The van der Waals surface area contributed by atoms with Gasteiger partial charge in [0.1, 0.15) is 11.6 Å². The van der Waals surface area contributed by atoms with Crippen molar-refractivity contribution >= 4 is 0 Å². The summed E-state index contributed by atoms with van der Waals surface area (Å²) in [5, 5.41) is 0. The van der Waals surface area contributed by atoms with Crippen LogP contribution >= 0.6 is 0 Å². The monoisotopic (exact) mass is 244 g/mol. The van der Waals surface area contributed by atoms with Crippen LogP contribution in [0.5, 0.6) is 0 Å². The molecule has 18 heavy (non-hydrogen) atoms. The van der Waals surface area contributed by atoms with Crippen molar-refractivity contribution in [3.8, 4) is 0 Å². The largest absolute Gasteiger partial charge is 0.207 e. The highest BCUT2D eigenvalue weighted by atomic mass is 19.1. The molecule has 0 spiro atoms. The molecule has 0 saturated heterocycles. The Balaban J connectivity index is 2.04. The fourth-order valence-electron chi connectivity index (χ4n) is 2.48. The van der Waals surface area contributed by atoms with Crippen LogP contribution in [0.25, 0.3) is 0 Å². The van der Waals surface area contributed by atoms with Crippen molar-refractivity contribution in [2.45, 2.75) is 25.7 Å². The van der Waals surface area contributed by atoms with Crippen molar-refractivity contribution in [3.63, 3.8) is 0 Å². The summed E-state index contributed by atoms with van der Waals surface area (Å²) >= 11 is 0. The number of hydrogen-bond donors (Lipinski definition) is 0. The third kappa shape index (κ3) is 2.15. The predicted molar refractivity (Wildman–Crippen MR) is 67.6 cm³/mol. The van der Waals surface area contributed by atoms with Gasteiger partial charge in [0.25, 0.3) is 0 Å². The molecule has 2 aliphatic rings. The van der Waals surface area contributed by atoms with Gasteiger partial charge >= 0.3 is 0 Å². The molecule has 2 heteroatoms. The number of benzene rings is 2. The van der Waals surface area contributed by atoms with Gasteiger partial charge in [0, 0.05) is 0 Å². The van der Waals surface area contributed by atoms with Crippen molar-refractivity contribution in [3.05, 3.63) is 70.3 Å². The van der Waals surface area contributed by atoms with E-state index in [9.17, 15) is 8.78 Å². The fraction of sp³-hybridized carbons (Fsp3) is 0.250. The molecule has 0 saturated carbocycles. The van der Waals surface area contributed by atoms with Gasteiger partial charge in [-0.3, -0.25) is 0 Å². The third-order valence-corrected chi connectivity index (χ3v) is 3.59. The van der Waals surface area contributed by atoms with Crippen molar-refractivity contribution in [1.82, 2.24) is 0 Å². The molecule has 0 fully saturated rings. The standard InChI is InChI=1S/C16H14F2/c17-15-8-4-11-1-5-13-6-2-12(10-16(13)18)3-7-14(15)9-11/h2,4,6,8-10H,1,3,5,7H2. The average Bonchev–Trinajstić information content (AvgIpc) is 2.41. The first-order chi connectivity index (χ1) is 8.72. The predicted octanol–water partition coefficient (Wildman–Crippen LogP) is 3.85. The zero-order valence-corrected chi connectivity index (χ0v) is 10.0. The highest BCUT2D eigenvalue weighted by Crippen LogP contribution is 2.20. The summed E-state index contributed by atoms with van der Waals surface area (Å²) in [6.45, 7) is 0. The molecular formula is C16H14F2. The van der Waals surface area contributed by atoms with E-state index in [0.717, 1.165) is 28.7 Å². The number of halogens is 2. The molecule has 4 rings (SSSR count). The minimum absolute atomic E-state index is 0.136. The molecule has 0 aliphatic heterocycles. The van der Waals surface area contributed by atoms with Gasteiger partial charge in [-0.25, -0.2) is 8.78 Å². The molecule has 0 N–H and O–H groups in total. The molecule has 0 unspecified atom stereocenters. The molecule has 0 heterocycles. The third-order valence-electron chi connectivity index (χ3n) is 3.59.